The van der Waals surface area contributed by atoms with Gasteiger partial charge in [-0.1, -0.05) is 77.8 Å². The molecule has 0 heterocycles. The fraction of sp³-hybridized carbons (Fsp3) is 0.154. The Hall–Kier alpha value is -2.88. The highest BCUT2D eigenvalue weighted by Crippen LogP contribution is 2.38. The Morgan fingerprint density at radius 3 is 2.42 bits per heavy atom. The van der Waals surface area contributed by atoms with E-state index in [9.17, 15) is 0 Å². The molecule has 3 nitrogen and oxygen atoms in total. The van der Waals surface area contributed by atoms with E-state index in [4.69, 9.17) is 32.7 Å². The molecule has 0 aliphatic rings. The third-order valence-corrected chi connectivity index (χ3v) is 5.59. The third-order valence-electron chi connectivity index (χ3n) is 4.98. The highest BCUT2D eigenvalue weighted by molar-refractivity contribution is 6.33. The molecule has 4 aromatic rings. The largest absolute Gasteiger partial charge is 0.490 e. The summed E-state index contributed by atoms with van der Waals surface area (Å²) in [7, 11) is 0. The summed E-state index contributed by atoms with van der Waals surface area (Å²) in [6.45, 7) is 3.42. The lowest BCUT2D eigenvalue weighted by atomic mass is 10.1. The number of nitrogens with one attached hydrogen (secondary N) is 1. The van der Waals surface area contributed by atoms with Crippen LogP contribution in [0, 0.1) is 0 Å². The third kappa shape index (κ3) is 5.07. The maximum atomic E-state index is 6.61. The fourth-order valence-corrected chi connectivity index (χ4v) is 3.99. The van der Waals surface area contributed by atoms with Crippen LogP contribution in [-0.2, 0) is 13.2 Å². The van der Waals surface area contributed by atoms with E-state index >= 15 is 0 Å². The lowest BCUT2D eigenvalue weighted by Crippen LogP contribution is -2.04. The van der Waals surface area contributed by atoms with Gasteiger partial charge in [0.2, 0.25) is 0 Å². The van der Waals surface area contributed by atoms with Crippen LogP contribution >= 0.6 is 23.2 Å². The van der Waals surface area contributed by atoms with Crippen LogP contribution in [0.3, 0.4) is 0 Å². The molecule has 0 radical (unpaired) electrons. The number of hydrogen-bond donors (Lipinski definition) is 1. The second-order valence-electron chi connectivity index (χ2n) is 7.10. The van der Waals surface area contributed by atoms with Crippen molar-refractivity contribution < 1.29 is 9.47 Å². The average molecular weight is 452 g/mol. The van der Waals surface area contributed by atoms with Crippen molar-refractivity contribution in [3.63, 3.8) is 0 Å². The normalized spacial score (nSPS) is 10.8. The summed E-state index contributed by atoms with van der Waals surface area (Å²) >= 11 is 12.8. The molecule has 0 aromatic heterocycles. The van der Waals surface area contributed by atoms with Crippen LogP contribution in [0.4, 0.5) is 5.69 Å². The van der Waals surface area contributed by atoms with Crippen molar-refractivity contribution >= 4 is 39.7 Å². The van der Waals surface area contributed by atoms with Crippen LogP contribution in [0.5, 0.6) is 11.5 Å². The first-order valence-corrected chi connectivity index (χ1v) is 10.9. The second kappa shape index (κ2) is 9.95. The molecule has 0 fully saturated rings. The Morgan fingerprint density at radius 2 is 1.58 bits per heavy atom. The van der Waals surface area contributed by atoms with Crippen LogP contribution < -0.4 is 14.8 Å². The summed E-state index contributed by atoms with van der Waals surface area (Å²) in [6.07, 6.45) is 0. The molecule has 0 saturated carbocycles. The van der Waals surface area contributed by atoms with E-state index in [0.717, 1.165) is 16.8 Å². The van der Waals surface area contributed by atoms with E-state index in [-0.39, 0.29) is 0 Å². The fourth-order valence-electron chi connectivity index (χ4n) is 3.50. The molecule has 0 spiro atoms. The first-order valence-electron chi connectivity index (χ1n) is 10.2. The van der Waals surface area contributed by atoms with E-state index < -0.39 is 0 Å². The zero-order valence-corrected chi connectivity index (χ0v) is 18.7. The van der Waals surface area contributed by atoms with Crippen LogP contribution in [0.25, 0.3) is 10.8 Å². The van der Waals surface area contributed by atoms with E-state index in [1.165, 1.54) is 10.8 Å². The van der Waals surface area contributed by atoms with Gasteiger partial charge < -0.3 is 14.8 Å². The lowest BCUT2D eigenvalue weighted by molar-refractivity contribution is 0.270. The number of anilines is 1. The molecule has 1 N–H and O–H groups in total. The van der Waals surface area contributed by atoms with Gasteiger partial charge in [0.1, 0.15) is 6.61 Å². The predicted molar refractivity (Wildman–Crippen MR) is 130 cm³/mol. The number of rotatable bonds is 8. The molecule has 31 heavy (non-hydrogen) atoms. The Bertz CT molecular complexity index is 1190. The van der Waals surface area contributed by atoms with Crippen molar-refractivity contribution in [1.82, 2.24) is 0 Å². The van der Waals surface area contributed by atoms with Gasteiger partial charge in [-0.05, 0) is 53.1 Å². The SMILES string of the molecule is CCOc1cc(CNc2ccccc2Cl)cc(Cl)c1OCc1cccc2ccccc12. The molecule has 0 unspecified atom stereocenters. The van der Waals surface area contributed by atoms with Crippen LogP contribution in [0.2, 0.25) is 10.0 Å². The van der Waals surface area contributed by atoms with Gasteiger partial charge in [-0.25, -0.2) is 0 Å². The molecule has 0 aliphatic heterocycles. The summed E-state index contributed by atoms with van der Waals surface area (Å²) < 4.78 is 12.0. The zero-order valence-electron chi connectivity index (χ0n) is 17.2. The number of hydrogen-bond acceptors (Lipinski definition) is 3. The molecule has 0 amide bonds. The van der Waals surface area contributed by atoms with E-state index in [2.05, 4.69) is 29.6 Å². The smallest absolute Gasteiger partial charge is 0.180 e. The molecule has 5 heteroatoms. The van der Waals surface area contributed by atoms with Gasteiger partial charge in [0.15, 0.2) is 11.5 Å². The van der Waals surface area contributed by atoms with Gasteiger partial charge in [0, 0.05) is 6.54 Å². The Balaban J connectivity index is 1.55. The van der Waals surface area contributed by atoms with Gasteiger partial charge in [0.25, 0.3) is 0 Å². The zero-order chi connectivity index (χ0) is 21.6. The van der Waals surface area contributed by atoms with E-state index in [1.807, 2.05) is 61.5 Å². The van der Waals surface area contributed by atoms with Gasteiger partial charge in [0.05, 0.1) is 22.3 Å². The molecule has 158 valence electrons. The standard InChI is InChI=1S/C26H23Cl2NO2/c1-2-30-25-15-18(16-29-24-13-6-5-12-22(24)27)14-23(28)26(25)31-17-20-10-7-9-19-8-3-4-11-21(19)20/h3-15,29H,2,16-17H2,1H3. The topological polar surface area (TPSA) is 30.5 Å². The maximum absolute atomic E-state index is 6.61. The minimum absolute atomic E-state index is 0.401. The Kier molecular flexibility index (Phi) is 6.86. The monoisotopic (exact) mass is 451 g/mol. The van der Waals surface area contributed by atoms with Gasteiger partial charge >= 0.3 is 0 Å². The second-order valence-corrected chi connectivity index (χ2v) is 7.91. The summed E-state index contributed by atoms with van der Waals surface area (Å²) in [5, 5.41) is 6.87. The molecule has 0 aliphatic carbocycles. The predicted octanol–water partition coefficient (Wildman–Crippen LogP) is 7.74. The number of fused-ring (bicyclic) bond motifs is 1. The summed E-state index contributed by atoms with van der Waals surface area (Å²) in [6, 6.07) is 26.0. The van der Waals surface area contributed by atoms with Crippen molar-refractivity contribution in [1.29, 1.82) is 0 Å². The van der Waals surface area contributed by atoms with E-state index in [1.54, 1.807) is 0 Å². The summed E-state index contributed by atoms with van der Waals surface area (Å²) in [4.78, 5) is 0. The van der Waals surface area contributed by atoms with Crippen molar-refractivity contribution in [3.05, 3.63) is 100 Å². The highest BCUT2D eigenvalue weighted by atomic mass is 35.5. The first-order chi connectivity index (χ1) is 15.2. The van der Waals surface area contributed by atoms with Crippen molar-refractivity contribution in [3.8, 4) is 11.5 Å². The minimum Gasteiger partial charge on any atom is -0.490 e. The van der Waals surface area contributed by atoms with E-state index in [0.29, 0.717) is 41.3 Å². The quantitative estimate of drug-likeness (QED) is 0.297. The van der Waals surface area contributed by atoms with Gasteiger partial charge in [-0.2, -0.15) is 0 Å². The Morgan fingerprint density at radius 1 is 0.806 bits per heavy atom. The average Bonchev–Trinajstić information content (AvgIpc) is 2.78. The Labute approximate surface area is 192 Å². The molecular formula is C26H23Cl2NO2. The number of ether oxygens (including phenoxy) is 2. The molecule has 4 rings (SSSR count). The van der Waals surface area contributed by atoms with Crippen LogP contribution in [-0.4, -0.2) is 6.61 Å². The van der Waals surface area contributed by atoms with Crippen molar-refractivity contribution in [2.75, 3.05) is 11.9 Å². The van der Waals surface area contributed by atoms with Crippen LogP contribution in [0.15, 0.2) is 78.9 Å². The molecule has 0 atom stereocenters. The minimum atomic E-state index is 0.401. The molecular weight excluding hydrogens is 429 g/mol. The number of halogens is 2. The highest BCUT2D eigenvalue weighted by Gasteiger charge is 2.14. The van der Waals surface area contributed by atoms with Crippen LogP contribution in [0.1, 0.15) is 18.1 Å². The van der Waals surface area contributed by atoms with Crippen molar-refractivity contribution in [2.24, 2.45) is 0 Å². The lowest BCUT2D eigenvalue weighted by Gasteiger charge is -2.17. The van der Waals surface area contributed by atoms with Crippen molar-refractivity contribution in [2.45, 2.75) is 20.1 Å². The molecule has 0 saturated heterocycles. The summed E-state index contributed by atoms with van der Waals surface area (Å²) in [5.74, 6) is 1.18. The number of benzene rings is 4. The molecule has 0 bridgehead atoms. The summed E-state index contributed by atoms with van der Waals surface area (Å²) in [5.41, 5.74) is 2.95. The number of para-hydroxylation sites is 1. The van der Waals surface area contributed by atoms with Gasteiger partial charge in [-0.3, -0.25) is 0 Å². The molecule has 4 aromatic carbocycles. The van der Waals surface area contributed by atoms with Gasteiger partial charge in [-0.15, -0.1) is 0 Å². The maximum Gasteiger partial charge on any atom is 0.180 e. The first kappa shape index (κ1) is 21.4.